The van der Waals surface area contributed by atoms with Crippen LogP contribution in [0.25, 0.3) is 0 Å². The molecule has 0 aromatic heterocycles. The highest BCUT2D eigenvalue weighted by atomic mass is 35.5. The molecule has 0 heterocycles. The van der Waals surface area contributed by atoms with Crippen LogP contribution in [0, 0.1) is 0 Å². The highest BCUT2D eigenvalue weighted by Gasteiger charge is 2.15. The van der Waals surface area contributed by atoms with Gasteiger partial charge in [-0.25, -0.2) is 0 Å². The highest BCUT2D eigenvalue weighted by molar-refractivity contribution is 5.91. The monoisotopic (exact) mass is 247 g/mol. The Bertz CT molecular complexity index is 378. The number of hydrogen-bond acceptors (Lipinski definition) is 5. The fourth-order valence-electron chi connectivity index (χ4n) is 1.26. The second-order valence-corrected chi connectivity index (χ2v) is 2.67. The Balaban J connectivity index is 0.00000225. The molecule has 1 aromatic carbocycles. The van der Waals surface area contributed by atoms with Crippen LogP contribution in [0.3, 0.4) is 0 Å². The molecule has 0 amide bonds. The summed E-state index contributed by atoms with van der Waals surface area (Å²) in [7, 11) is 4.21. The highest BCUT2D eigenvalue weighted by Crippen LogP contribution is 2.39. The lowest BCUT2D eigenvalue weighted by Crippen LogP contribution is -2.23. The maximum atomic E-state index is 10.8. The molecule has 16 heavy (non-hydrogen) atoms. The van der Waals surface area contributed by atoms with Crippen molar-refractivity contribution in [2.75, 3.05) is 21.3 Å². The second-order valence-electron chi connectivity index (χ2n) is 2.67. The SMILES string of the molecule is COc1ccc(C(=O)[O-])c(OC)c1OC.Cl. The van der Waals surface area contributed by atoms with Gasteiger partial charge in [0.2, 0.25) is 5.75 Å². The molecule has 5 nitrogen and oxygen atoms in total. The van der Waals surface area contributed by atoms with Crippen molar-refractivity contribution in [3.05, 3.63) is 17.7 Å². The predicted octanol–water partition coefficient (Wildman–Crippen LogP) is 0.498. The predicted molar refractivity (Wildman–Crippen MR) is 57.7 cm³/mol. The van der Waals surface area contributed by atoms with Gasteiger partial charge in [0, 0.05) is 5.56 Å². The van der Waals surface area contributed by atoms with Crippen molar-refractivity contribution >= 4 is 18.4 Å². The Morgan fingerprint density at radius 2 is 1.62 bits per heavy atom. The quantitative estimate of drug-likeness (QED) is 0.775. The molecule has 0 aliphatic rings. The molecule has 0 atom stereocenters. The van der Waals surface area contributed by atoms with E-state index >= 15 is 0 Å². The van der Waals surface area contributed by atoms with Crippen LogP contribution in [0.4, 0.5) is 0 Å². The lowest BCUT2D eigenvalue weighted by atomic mass is 10.1. The van der Waals surface area contributed by atoms with Crippen molar-refractivity contribution < 1.29 is 24.1 Å². The van der Waals surface area contributed by atoms with Crippen molar-refractivity contribution in [3.8, 4) is 17.2 Å². The van der Waals surface area contributed by atoms with Crippen molar-refractivity contribution in [3.63, 3.8) is 0 Å². The molecule has 0 fully saturated rings. The van der Waals surface area contributed by atoms with Crippen LogP contribution in [-0.4, -0.2) is 27.3 Å². The minimum Gasteiger partial charge on any atom is -0.545 e. The van der Waals surface area contributed by atoms with Crippen LogP contribution in [-0.2, 0) is 0 Å². The Morgan fingerprint density at radius 3 is 2.00 bits per heavy atom. The summed E-state index contributed by atoms with van der Waals surface area (Å²) in [4.78, 5) is 10.8. The largest absolute Gasteiger partial charge is 0.545 e. The molecule has 0 radical (unpaired) electrons. The fraction of sp³-hybridized carbons (Fsp3) is 0.300. The first-order valence-corrected chi connectivity index (χ1v) is 4.16. The Hall–Kier alpha value is -1.62. The summed E-state index contributed by atoms with van der Waals surface area (Å²) in [6, 6.07) is 2.82. The van der Waals surface area contributed by atoms with Crippen molar-refractivity contribution in [1.82, 2.24) is 0 Å². The maximum absolute atomic E-state index is 10.8. The number of carbonyl (C=O) groups is 1. The Morgan fingerprint density at radius 1 is 1.06 bits per heavy atom. The number of methoxy groups -OCH3 is 3. The van der Waals surface area contributed by atoms with E-state index in [0.29, 0.717) is 5.75 Å². The zero-order chi connectivity index (χ0) is 11.4. The average Bonchev–Trinajstić information content (AvgIpc) is 2.26. The number of carboxylic acid groups (broad SMARTS) is 1. The van der Waals surface area contributed by atoms with Gasteiger partial charge in [0.25, 0.3) is 0 Å². The maximum Gasteiger partial charge on any atom is 0.203 e. The molecule has 1 aromatic rings. The van der Waals surface area contributed by atoms with Gasteiger partial charge >= 0.3 is 0 Å². The average molecular weight is 248 g/mol. The van der Waals surface area contributed by atoms with E-state index in [1.165, 1.54) is 33.5 Å². The summed E-state index contributed by atoms with van der Waals surface area (Å²) < 4.78 is 14.9. The molecule has 0 aliphatic heterocycles. The molecule has 0 N–H and O–H groups in total. The third kappa shape index (κ3) is 2.49. The molecule has 1 rings (SSSR count). The smallest absolute Gasteiger partial charge is 0.203 e. The fourth-order valence-corrected chi connectivity index (χ4v) is 1.26. The van der Waals surface area contributed by atoms with E-state index in [1.54, 1.807) is 0 Å². The van der Waals surface area contributed by atoms with Gasteiger partial charge in [-0.15, -0.1) is 12.4 Å². The summed E-state index contributed by atoms with van der Waals surface area (Å²) in [5.74, 6) is -0.592. The van der Waals surface area contributed by atoms with Gasteiger partial charge < -0.3 is 24.1 Å². The lowest BCUT2D eigenvalue weighted by Gasteiger charge is -2.15. The summed E-state index contributed by atoms with van der Waals surface area (Å²) in [5.41, 5.74) is -0.0739. The standard InChI is InChI=1S/C10H12O5.ClH/c1-13-7-5-4-6(10(11)12)8(14-2)9(7)15-3;/h4-5H,1-3H3,(H,11,12);1H/p-1. The molecular weight excluding hydrogens is 236 g/mol. The number of benzene rings is 1. The van der Waals surface area contributed by atoms with Gasteiger partial charge in [-0.2, -0.15) is 0 Å². The topological polar surface area (TPSA) is 67.8 Å². The van der Waals surface area contributed by atoms with Crippen LogP contribution < -0.4 is 19.3 Å². The minimum atomic E-state index is -1.33. The number of hydrogen-bond donors (Lipinski definition) is 0. The number of carbonyl (C=O) groups excluding carboxylic acids is 1. The number of carboxylic acids is 1. The second kappa shape index (κ2) is 6.07. The lowest BCUT2D eigenvalue weighted by molar-refractivity contribution is -0.255. The van der Waals surface area contributed by atoms with Crippen molar-refractivity contribution in [2.24, 2.45) is 0 Å². The Labute approximate surface area is 99.3 Å². The van der Waals surface area contributed by atoms with E-state index in [-0.39, 0.29) is 29.5 Å². The number of ether oxygens (including phenoxy) is 3. The van der Waals surface area contributed by atoms with Gasteiger partial charge in [0.05, 0.1) is 27.3 Å². The van der Waals surface area contributed by atoms with Crippen LogP contribution in [0.2, 0.25) is 0 Å². The van der Waals surface area contributed by atoms with E-state index in [0.717, 1.165) is 0 Å². The van der Waals surface area contributed by atoms with Gasteiger partial charge in [-0.1, -0.05) is 0 Å². The van der Waals surface area contributed by atoms with E-state index in [2.05, 4.69) is 0 Å². The van der Waals surface area contributed by atoms with Crippen molar-refractivity contribution in [1.29, 1.82) is 0 Å². The summed E-state index contributed by atoms with van der Waals surface area (Å²) >= 11 is 0. The van der Waals surface area contributed by atoms with E-state index in [1.807, 2.05) is 0 Å². The van der Waals surface area contributed by atoms with Gasteiger partial charge in [-0.3, -0.25) is 0 Å². The third-order valence-corrected chi connectivity index (χ3v) is 1.92. The van der Waals surface area contributed by atoms with E-state index in [4.69, 9.17) is 14.2 Å². The normalized spacial score (nSPS) is 8.94. The first kappa shape index (κ1) is 14.4. The van der Waals surface area contributed by atoms with Crippen LogP contribution in [0.15, 0.2) is 12.1 Å². The van der Waals surface area contributed by atoms with E-state index in [9.17, 15) is 9.90 Å². The molecule has 90 valence electrons. The van der Waals surface area contributed by atoms with Gasteiger partial charge in [0.1, 0.15) is 0 Å². The van der Waals surface area contributed by atoms with Crippen LogP contribution >= 0.6 is 12.4 Å². The number of halogens is 1. The molecule has 0 saturated carbocycles. The molecule has 0 bridgehead atoms. The van der Waals surface area contributed by atoms with Crippen LogP contribution in [0.5, 0.6) is 17.2 Å². The van der Waals surface area contributed by atoms with Crippen LogP contribution in [0.1, 0.15) is 10.4 Å². The molecule has 0 aliphatic carbocycles. The number of aromatic carboxylic acids is 1. The summed E-state index contributed by atoms with van der Waals surface area (Å²) in [6.07, 6.45) is 0. The molecule has 0 saturated heterocycles. The minimum absolute atomic E-state index is 0. The summed E-state index contributed by atoms with van der Waals surface area (Å²) in [5, 5.41) is 10.8. The zero-order valence-electron chi connectivity index (χ0n) is 9.10. The molecular formula is C10H12ClO5-. The first-order chi connectivity index (χ1) is 7.15. The molecule has 6 heteroatoms. The summed E-state index contributed by atoms with van der Waals surface area (Å²) in [6.45, 7) is 0. The molecule has 0 unspecified atom stereocenters. The third-order valence-electron chi connectivity index (χ3n) is 1.92. The zero-order valence-corrected chi connectivity index (χ0v) is 9.92. The van der Waals surface area contributed by atoms with Gasteiger partial charge in [0.15, 0.2) is 11.5 Å². The number of rotatable bonds is 4. The van der Waals surface area contributed by atoms with E-state index < -0.39 is 5.97 Å². The van der Waals surface area contributed by atoms with Gasteiger partial charge in [-0.05, 0) is 12.1 Å². The molecule has 0 spiro atoms. The Kier molecular flexibility index (Phi) is 5.46. The first-order valence-electron chi connectivity index (χ1n) is 4.16. The van der Waals surface area contributed by atoms with Crippen molar-refractivity contribution in [2.45, 2.75) is 0 Å².